The summed E-state index contributed by atoms with van der Waals surface area (Å²) in [6.07, 6.45) is 1.81. The minimum Gasteiger partial charge on any atom is -0.480 e. The molecule has 1 heterocycles. The Balaban J connectivity index is 2.37. The van der Waals surface area contributed by atoms with Gasteiger partial charge in [-0.1, -0.05) is 17.7 Å². The molecule has 4 nitrogen and oxygen atoms in total. The molecule has 3 N–H and O–H groups in total. The third-order valence-electron chi connectivity index (χ3n) is 2.45. The van der Waals surface area contributed by atoms with Crippen LogP contribution in [0.25, 0.3) is 10.9 Å². The molecule has 2 aromatic rings. The highest BCUT2D eigenvalue weighted by Gasteiger charge is 2.13. The van der Waals surface area contributed by atoms with Gasteiger partial charge >= 0.3 is 5.97 Å². The zero-order valence-corrected chi connectivity index (χ0v) is 9.19. The first-order valence-corrected chi connectivity index (χ1v) is 5.18. The fraction of sp³-hybridized carbons (Fsp3) is 0.182. The van der Waals surface area contributed by atoms with Crippen LogP contribution in [0.4, 0.5) is 0 Å². The normalized spacial score (nSPS) is 12.9. The molecule has 5 heteroatoms. The van der Waals surface area contributed by atoms with E-state index in [2.05, 4.69) is 0 Å². The quantitative estimate of drug-likeness (QED) is 0.855. The number of aromatic nitrogens is 1. The van der Waals surface area contributed by atoms with Crippen LogP contribution < -0.4 is 5.73 Å². The van der Waals surface area contributed by atoms with Gasteiger partial charge in [-0.25, -0.2) is 0 Å². The van der Waals surface area contributed by atoms with Gasteiger partial charge in [-0.3, -0.25) is 4.79 Å². The lowest BCUT2D eigenvalue weighted by atomic mass is 10.2. The van der Waals surface area contributed by atoms with Crippen LogP contribution in [0.5, 0.6) is 0 Å². The standard InChI is InChI=1S/C11H11ClN2O2/c12-8-2-1-7-3-4-14(10(7)5-8)6-9(13)11(15)16/h1-5,9H,6,13H2,(H,15,16). The van der Waals surface area contributed by atoms with Crippen LogP contribution >= 0.6 is 11.6 Å². The number of nitrogens with two attached hydrogens (primary N) is 1. The zero-order valence-electron chi connectivity index (χ0n) is 8.43. The van der Waals surface area contributed by atoms with Gasteiger partial charge in [0.05, 0.1) is 0 Å². The van der Waals surface area contributed by atoms with Crippen LogP contribution in [0.3, 0.4) is 0 Å². The van der Waals surface area contributed by atoms with E-state index in [1.807, 2.05) is 18.3 Å². The molecule has 0 saturated carbocycles. The van der Waals surface area contributed by atoms with Gasteiger partial charge in [0.25, 0.3) is 0 Å². The predicted octanol–water partition coefficient (Wildman–Crippen LogP) is 1.71. The first-order chi connectivity index (χ1) is 7.58. The smallest absolute Gasteiger partial charge is 0.322 e. The fourth-order valence-corrected chi connectivity index (χ4v) is 1.77. The van der Waals surface area contributed by atoms with Crippen molar-refractivity contribution in [1.82, 2.24) is 4.57 Å². The van der Waals surface area contributed by atoms with Crippen molar-refractivity contribution >= 4 is 28.5 Å². The molecule has 16 heavy (non-hydrogen) atoms. The van der Waals surface area contributed by atoms with Crippen molar-refractivity contribution in [2.24, 2.45) is 5.73 Å². The van der Waals surface area contributed by atoms with Crippen molar-refractivity contribution in [3.05, 3.63) is 35.5 Å². The summed E-state index contributed by atoms with van der Waals surface area (Å²) in [5, 5.41) is 10.4. The maximum atomic E-state index is 10.7. The minimum atomic E-state index is -1.01. The summed E-state index contributed by atoms with van der Waals surface area (Å²) in [6.45, 7) is 0.235. The second-order valence-electron chi connectivity index (χ2n) is 3.62. The second kappa shape index (κ2) is 4.15. The zero-order chi connectivity index (χ0) is 11.7. The molecule has 2 rings (SSSR count). The number of benzene rings is 1. The third-order valence-corrected chi connectivity index (χ3v) is 2.68. The van der Waals surface area contributed by atoms with Gasteiger partial charge in [-0.2, -0.15) is 0 Å². The Labute approximate surface area is 97.2 Å². The summed E-state index contributed by atoms with van der Waals surface area (Å²) < 4.78 is 1.79. The lowest BCUT2D eigenvalue weighted by Gasteiger charge is -2.09. The summed E-state index contributed by atoms with van der Waals surface area (Å²) in [5.74, 6) is -1.01. The molecule has 0 amide bonds. The second-order valence-corrected chi connectivity index (χ2v) is 4.05. The number of carboxylic acids is 1. The highest BCUT2D eigenvalue weighted by Crippen LogP contribution is 2.20. The third kappa shape index (κ3) is 2.03. The van der Waals surface area contributed by atoms with Crippen LogP contribution in [-0.2, 0) is 11.3 Å². The highest BCUT2D eigenvalue weighted by atomic mass is 35.5. The maximum absolute atomic E-state index is 10.7. The van der Waals surface area contributed by atoms with E-state index in [9.17, 15) is 4.79 Å². The number of halogens is 1. The molecule has 0 spiro atoms. The Morgan fingerprint density at radius 3 is 2.94 bits per heavy atom. The topological polar surface area (TPSA) is 68.2 Å². The van der Waals surface area contributed by atoms with Crippen molar-refractivity contribution in [3.8, 4) is 0 Å². The number of nitrogens with zero attached hydrogens (tertiary/aromatic N) is 1. The number of aliphatic carboxylic acids is 1. The van der Waals surface area contributed by atoms with Crippen LogP contribution in [0.15, 0.2) is 30.5 Å². The average Bonchev–Trinajstić information content (AvgIpc) is 2.61. The average molecular weight is 239 g/mol. The van der Waals surface area contributed by atoms with Gasteiger partial charge in [0.1, 0.15) is 6.04 Å². The van der Waals surface area contributed by atoms with E-state index in [-0.39, 0.29) is 6.54 Å². The number of hydrogen-bond acceptors (Lipinski definition) is 2. The Hall–Kier alpha value is -1.52. The number of carbonyl (C=O) groups is 1. The summed E-state index contributed by atoms with van der Waals surface area (Å²) in [7, 11) is 0. The lowest BCUT2D eigenvalue weighted by molar-refractivity contribution is -0.138. The Kier molecular flexibility index (Phi) is 2.85. The molecule has 0 radical (unpaired) electrons. The van der Waals surface area contributed by atoms with Crippen LogP contribution in [0.2, 0.25) is 5.02 Å². The van der Waals surface area contributed by atoms with Crippen molar-refractivity contribution in [2.75, 3.05) is 0 Å². The number of rotatable bonds is 3. The van der Waals surface area contributed by atoms with Gasteiger partial charge in [-0.05, 0) is 23.6 Å². The molecule has 1 atom stereocenters. The molecule has 1 aromatic heterocycles. The minimum absolute atomic E-state index is 0.235. The van der Waals surface area contributed by atoms with Crippen LogP contribution in [-0.4, -0.2) is 21.7 Å². The molecule has 0 aliphatic rings. The molecule has 0 saturated heterocycles. The van der Waals surface area contributed by atoms with E-state index in [4.69, 9.17) is 22.4 Å². The Morgan fingerprint density at radius 2 is 2.25 bits per heavy atom. The molecule has 0 aliphatic carbocycles. The molecular weight excluding hydrogens is 228 g/mol. The van der Waals surface area contributed by atoms with Gasteiger partial charge in [0.15, 0.2) is 0 Å². The molecule has 1 unspecified atom stereocenters. The predicted molar refractivity (Wildman–Crippen MR) is 62.6 cm³/mol. The maximum Gasteiger partial charge on any atom is 0.322 e. The van der Waals surface area contributed by atoms with Crippen LogP contribution in [0, 0.1) is 0 Å². The monoisotopic (exact) mass is 238 g/mol. The van der Waals surface area contributed by atoms with Crippen molar-refractivity contribution in [2.45, 2.75) is 12.6 Å². The van der Waals surface area contributed by atoms with Crippen molar-refractivity contribution in [3.63, 3.8) is 0 Å². The molecule has 0 aliphatic heterocycles. The van der Waals surface area contributed by atoms with Gasteiger partial charge in [-0.15, -0.1) is 0 Å². The first-order valence-electron chi connectivity index (χ1n) is 4.81. The van der Waals surface area contributed by atoms with E-state index in [0.717, 1.165) is 10.9 Å². The van der Waals surface area contributed by atoms with Crippen molar-refractivity contribution < 1.29 is 9.90 Å². The van der Waals surface area contributed by atoms with E-state index in [0.29, 0.717) is 5.02 Å². The molecule has 84 valence electrons. The first kappa shape index (κ1) is 11.0. The molecule has 0 bridgehead atoms. The van der Waals surface area contributed by atoms with Crippen molar-refractivity contribution in [1.29, 1.82) is 0 Å². The summed E-state index contributed by atoms with van der Waals surface area (Å²) in [4.78, 5) is 10.7. The SMILES string of the molecule is NC(Cn1ccc2ccc(Cl)cc21)C(=O)O. The molecule has 1 aromatic carbocycles. The molecule has 0 fully saturated rings. The van der Waals surface area contributed by atoms with Gasteiger partial charge < -0.3 is 15.4 Å². The van der Waals surface area contributed by atoms with Gasteiger partial charge in [0, 0.05) is 23.3 Å². The lowest BCUT2D eigenvalue weighted by Crippen LogP contribution is -2.34. The summed E-state index contributed by atoms with van der Waals surface area (Å²) in [6, 6.07) is 6.48. The molecular formula is C11H11ClN2O2. The van der Waals surface area contributed by atoms with Gasteiger partial charge in [0.2, 0.25) is 0 Å². The Morgan fingerprint density at radius 1 is 1.50 bits per heavy atom. The van der Waals surface area contributed by atoms with E-state index in [1.54, 1.807) is 16.7 Å². The highest BCUT2D eigenvalue weighted by molar-refractivity contribution is 6.31. The van der Waals surface area contributed by atoms with E-state index in [1.165, 1.54) is 0 Å². The number of fused-ring (bicyclic) bond motifs is 1. The number of hydrogen-bond donors (Lipinski definition) is 2. The van der Waals surface area contributed by atoms with E-state index >= 15 is 0 Å². The Bertz CT molecular complexity index is 536. The largest absolute Gasteiger partial charge is 0.480 e. The van der Waals surface area contributed by atoms with E-state index < -0.39 is 12.0 Å². The number of carboxylic acid groups (broad SMARTS) is 1. The summed E-state index contributed by atoms with van der Waals surface area (Å²) in [5.41, 5.74) is 6.38. The summed E-state index contributed by atoms with van der Waals surface area (Å²) >= 11 is 5.89. The van der Waals surface area contributed by atoms with Crippen LogP contribution in [0.1, 0.15) is 0 Å². The fourth-order valence-electron chi connectivity index (χ4n) is 1.61.